The topological polar surface area (TPSA) is 0 Å². The Morgan fingerprint density at radius 1 is 0.897 bits per heavy atom. The van der Waals surface area contributed by atoms with E-state index in [9.17, 15) is 0 Å². The molecule has 2 aromatic rings. The summed E-state index contributed by atoms with van der Waals surface area (Å²) in [5, 5.41) is 0. The molecule has 3 aliphatic carbocycles. The third-order valence-electron chi connectivity index (χ3n) is 11.1. The van der Waals surface area contributed by atoms with Crippen molar-refractivity contribution in [2.24, 2.45) is 16.2 Å². The summed E-state index contributed by atoms with van der Waals surface area (Å²) in [6.45, 7) is 37.5. The lowest BCUT2D eigenvalue weighted by Gasteiger charge is -2.64. The first-order chi connectivity index (χ1) is 18.2. The van der Waals surface area contributed by atoms with Crippen LogP contribution >= 0.6 is 0 Å². The number of allylic oxidation sites excluding steroid dienone is 8. The summed E-state index contributed by atoms with van der Waals surface area (Å²) in [4.78, 5) is 0. The Morgan fingerprint density at radius 3 is 2.13 bits per heavy atom. The number of aryl methyl sites for hydroxylation is 2. The van der Waals surface area contributed by atoms with Crippen molar-refractivity contribution in [1.82, 2.24) is 0 Å². The van der Waals surface area contributed by atoms with Gasteiger partial charge in [0.25, 0.3) is 0 Å². The highest BCUT2D eigenvalue weighted by molar-refractivity contribution is 5.88. The maximum absolute atomic E-state index is 4.86. The maximum atomic E-state index is 4.86. The number of rotatable bonds is 4. The van der Waals surface area contributed by atoms with E-state index in [0.717, 1.165) is 24.8 Å². The van der Waals surface area contributed by atoms with E-state index in [1.807, 2.05) is 0 Å². The van der Waals surface area contributed by atoms with Gasteiger partial charge in [-0.05, 0) is 121 Å². The molecule has 2 aromatic carbocycles. The monoisotopic (exact) mass is 514 g/mol. The maximum Gasteiger partial charge on any atom is 0.0194 e. The van der Waals surface area contributed by atoms with Gasteiger partial charge in [-0.1, -0.05) is 106 Å². The van der Waals surface area contributed by atoms with Gasteiger partial charge in [-0.15, -0.1) is 0 Å². The normalized spacial score (nSPS) is 30.1. The van der Waals surface area contributed by atoms with Crippen LogP contribution in [0.15, 0.2) is 102 Å². The Hall–Kier alpha value is -3.12. The van der Waals surface area contributed by atoms with E-state index in [1.54, 1.807) is 0 Å². The molecule has 0 aromatic heterocycles. The molecule has 0 heteroatoms. The summed E-state index contributed by atoms with van der Waals surface area (Å²) in [5.74, 6) is 0.317. The van der Waals surface area contributed by atoms with E-state index >= 15 is 0 Å². The molecule has 0 bridgehead atoms. The Labute approximate surface area is 237 Å². The van der Waals surface area contributed by atoms with Gasteiger partial charge in [-0.25, -0.2) is 0 Å². The SMILES string of the molecule is C=C(C)C1=C(C)C[C@@]2(C)C[C@]3(C)C(=C(C)[C@@]2(C)C1=C)C(=C)c1c(C)ccc(C)c1[C@H]3CC(=C)c1ccccc1. The minimum atomic E-state index is -0.158. The quantitative estimate of drug-likeness (QED) is 0.380. The van der Waals surface area contributed by atoms with Crippen LogP contribution < -0.4 is 0 Å². The molecule has 0 N–H and O–H groups in total. The van der Waals surface area contributed by atoms with Crippen LogP contribution in [0.5, 0.6) is 0 Å². The van der Waals surface area contributed by atoms with Gasteiger partial charge < -0.3 is 0 Å². The van der Waals surface area contributed by atoms with Gasteiger partial charge in [0.1, 0.15) is 0 Å². The van der Waals surface area contributed by atoms with E-state index in [-0.39, 0.29) is 16.2 Å². The van der Waals surface area contributed by atoms with E-state index in [1.165, 1.54) is 66.8 Å². The molecule has 0 radical (unpaired) electrons. The lowest BCUT2D eigenvalue weighted by atomic mass is 9.40. The van der Waals surface area contributed by atoms with Crippen LogP contribution in [0.4, 0.5) is 0 Å². The zero-order chi connectivity index (χ0) is 28.7. The molecular weight excluding hydrogens is 468 g/mol. The van der Waals surface area contributed by atoms with Gasteiger partial charge in [-0.3, -0.25) is 0 Å². The second kappa shape index (κ2) is 8.95. The van der Waals surface area contributed by atoms with Gasteiger partial charge in [0.15, 0.2) is 0 Å². The predicted molar refractivity (Wildman–Crippen MR) is 171 cm³/mol. The van der Waals surface area contributed by atoms with Crippen molar-refractivity contribution in [1.29, 1.82) is 0 Å². The highest BCUT2D eigenvalue weighted by Crippen LogP contribution is 2.73. The zero-order valence-corrected chi connectivity index (χ0v) is 25.6. The molecule has 0 unspecified atom stereocenters. The van der Waals surface area contributed by atoms with E-state index in [2.05, 4.69) is 111 Å². The minimum Gasteiger partial charge on any atom is -0.0955 e. The van der Waals surface area contributed by atoms with Crippen LogP contribution in [0, 0.1) is 30.1 Å². The summed E-state index contributed by atoms with van der Waals surface area (Å²) in [5.41, 5.74) is 17.0. The van der Waals surface area contributed by atoms with Crippen LogP contribution in [0.25, 0.3) is 11.1 Å². The van der Waals surface area contributed by atoms with Gasteiger partial charge >= 0.3 is 0 Å². The molecule has 3 aliphatic rings. The van der Waals surface area contributed by atoms with Crippen molar-refractivity contribution in [3.63, 3.8) is 0 Å². The molecule has 0 spiro atoms. The Kier molecular flexibility index (Phi) is 6.30. The highest BCUT2D eigenvalue weighted by atomic mass is 14.6. The van der Waals surface area contributed by atoms with Gasteiger partial charge in [0, 0.05) is 10.8 Å². The molecule has 0 amide bonds. The van der Waals surface area contributed by atoms with Crippen molar-refractivity contribution in [2.75, 3.05) is 0 Å². The third-order valence-corrected chi connectivity index (χ3v) is 11.1. The van der Waals surface area contributed by atoms with Crippen molar-refractivity contribution in [3.8, 4) is 0 Å². The summed E-state index contributed by atoms with van der Waals surface area (Å²) in [6, 6.07) is 15.3. The second-order valence-electron chi connectivity index (χ2n) is 13.6. The van der Waals surface area contributed by atoms with Crippen molar-refractivity contribution < 1.29 is 0 Å². The molecule has 39 heavy (non-hydrogen) atoms. The van der Waals surface area contributed by atoms with Crippen molar-refractivity contribution in [3.05, 3.63) is 130 Å². The molecule has 0 saturated carbocycles. The predicted octanol–water partition coefficient (Wildman–Crippen LogP) is 11.1. The largest absolute Gasteiger partial charge is 0.0955 e. The van der Waals surface area contributed by atoms with E-state index in [0.29, 0.717) is 5.92 Å². The van der Waals surface area contributed by atoms with Crippen LogP contribution in [0.2, 0.25) is 0 Å². The highest BCUT2D eigenvalue weighted by Gasteiger charge is 2.61. The average molecular weight is 515 g/mol. The zero-order valence-electron chi connectivity index (χ0n) is 25.6. The number of fused-ring (bicyclic) bond motifs is 3. The molecular formula is C39H46. The molecule has 202 valence electrons. The summed E-state index contributed by atoms with van der Waals surface area (Å²) >= 11 is 0. The Balaban J connectivity index is 1.80. The first-order valence-corrected chi connectivity index (χ1v) is 14.5. The average Bonchev–Trinajstić information content (AvgIpc) is 2.86. The van der Waals surface area contributed by atoms with Crippen LogP contribution in [-0.4, -0.2) is 0 Å². The number of hydrogen-bond donors (Lipinski definition) is 0. The van der Waals surface area contributed by atoms with Crippen LogP contribution in [0.1, 0.15) is 94.5 Å². The summed E-state index contributed by atoms with van der Waals surface area (Å²) in [6.07, 6.45) is 3.08. The second-order valence-corrected chi connectivity index (χ2v) is 13.6. The summed E-state index contributed by atoms with van der Waals surface area (Å²) in [7, 11) is 0. The lowest BCUT2D eigenvalue weighted by molar-refractivity contribution is 0.0424. The minimum absolute atomic E-state index is 0.0390. The van der Waals surface area contributed by atoms with Gasteiger partial charge in [0.05, 0.1) is 0 Å². The molecule has 4 atom stereocenters. The lowest BCUT2D eigenvalue weighted by Crippen LogP contribution is -2.53. The van der Waals surface area contributed by atoms with Crippen LogP contribution in [-0.2, 0) is 0 Å². The number of hydrogen-bond acceptors (Lipinski definition) is 0. The molecule has 0 nitrogen and oxygen atoms in total. The fourth-order valence-electron chi connectivity index (χ4n) is 9.20. The smallest absolute Gasteiger partial charge is 0.0194 e. The first kappa shape index (κ1) is 27.4. The molecule has 0 fully saturated rings. The Morgan fingerprint density at radius 2 is 1.51 bits per heavy atom. The fourth-order valence-corrected chi connectivity index (χ4v) is 9.20. The summed E-state index contributed by atoms with van der Waals surface area (Å²) < 4.78 is 0. The Bertz CT molecular complexity index is 1520. The fraction of sp³-hybridized carbons (Fsp3) is 0.385. The third kappa shape index (κ3) is 3.63. The van der Waals surface area contributed by atoms with E-state index < -0.39 is 0 Å². The van der Waals surface area contributed by atoms with Crippen molar-refractivity contribution in [2.45, 2.75) is 80.6 Å². The van der Waals surface area contributed by atoms with E-state index in [4.69, 9.17) is 13.2 Å². The molecule has 5 rings (SSSR count). The van der Waals surface area contributed by atoms with Crippen LogP contribution in [0.3, 0.4) is 0 Å². The first-order valence-electron chi connectivity index (χ1n) is 14.5. The molecule has 0 heterocycles. The van der Waals surface area contributed by atoms with Crippen molar-refractivity contribution >= 4 is 11.1 Å². The number of benzene rings is 2. The molecule has 0 saturated heterocycles. The molecule has 0 aliphatic heterocycles. The van der Waals surface area contributed by atoms with Gasteiger partial charge in [-0.2, -0.15) is 0 Å². The van der Waals surface area contributed by atoms with Gasteiger partial charge in [0.2, 0.25) is 0 Å². The standard InChI is InChI=1S/C39H46/c1-23(2)33-27(6)21-37(10)22-38(11)32(20-26(5)31-16-14-13-15-17-31)35-25(4)19-18-24(3)34(35)28(7)36(38)30(9)39(37,12)29(33)8/h13-19,32H,1,5,7-8,20-22H2,2-4,6,9-12H3/t32-,37+,38+,39-/m1/s1.